The highest BCUT2D eigenvalue weighted by molar-refractivity contribution is 7.17. The Morgan fingerprint density at radius 2 is 2.07 bits per heavy atom. The molecule has 0 bridgehead atoms. The first kappa shape index (κ1) is 18.9. The van der Waals surface area contributed by atoms with E-state index in [1.807, 2.05) is 18.2 Å². The first-order chi connectivity index (χ1) is 13.5. The molecule has 4 rings (SSSR count). The second-order valence-corrected chi connectivity index (χ2v) is 8.58. The number of thiophene rings is 1. The Balaban J connectivity index is 1.38. The maximum atomic E-state index is 12.3. The lowest BCUT2D eigenvalue weighted by molar-refractivity contribution is 0.0920. The lowest BCUT2D eigenvalue weighted by Crippen LogP contribution is -2.34. The van der Waals surface area contributed by atoms with E-state index in [-0.39, 0.29) is 12.5 Å². The van der Waals surface area contributed by atoms with Crippen LogP contribution in [-0.4, -0.2) is 44.3 Å². The predicted molar refractivity (Wildman–Crippen MR) is 112 cm³/mol. The number of carbonyl (C=O) groups is 2. The van der Waals surface area contributed by atoms with E-state index in [1.54, 1.807) is 17.0 Å². The highest BCUT2D eigenvalue weighted by Crippen LogP contribution is 2.32. The van der Waals surface area contributed by atoms with E-state index in [0.29, 0.717) is 27.1 Å². The molecule has 1 aromatic heterocycles. The SMILES string of the molecule is Nc1cc(N2CC(CNC(=O)c3ccc(Cl)s3)OC2=O)ccc1N1CCCC1. The number of anilines is 3. The zero-order chi connectivity index (χ0) is 19.7. The number of hydrogen-bond donors (Lipinski definition) is 2. The number of cyclic esters (lactones) is 1. The minimum Gasteiger partial charge on any atom is -0.442 e. The number of nitrogens with two attached hydrogens (primary N) is 1. The number of ether oxygens (including phenoxy) is 1. The third-order valence-corrected chi connectivity index (χ3v) is 6.16. The van der Waals surface area contributed by atoms with Crippen molar-refractivity contribution in [2.45, 2.75) is 18.9 Å². The molecule has 0 radical (unpaired) electrons. The van der Waals surface area contributed by atoms with Crippen LogP contribution in [0.25, 0.3) is 0 Å². The summed E-state index contributed by atoms with van der Waals surface area (Å²) in [5, 5.41) is 2.78. The van der Waals surface area contributed by atoms with E-state index in [9.17, 15) is 9.59 Å². The van der Waals surface area contributed by atoms with Crippen LogP contribution in [0.3, 0.4) is 0 Å². The monoisotopic (exact) mass is 420 g/mol. The summed E-state index contributed by atoms with van der Waals surface area (Å²) in [4.78, 5) is 28.7. The summed E-state index contributed by atoms with van der Waals surface area (Å²) < 4.78 is 5.94. The van der Waals surface area contributed by atoms with Gasteiger partial charge in [0.15, 0.2) is 0 Å². The fraction of sp³-hybridized carbons (Fsp3) is 0.368. The molecule has 3 heterocycles. The van der Waals surface area contributed by atoms with E-state index in [0.717, 1.165) is 18.8 Å². The fourth-order valence-corrected chi connectivity index (χ4v) is 4.48. The second-order valence-electron chi connectivity index (χ2n) is 6.87. The molecular weight excluding hydrogens is 400 g/mol. The Kier molecular flexibility index (Phi) is 5.32. The quantitative estimate of drug-likeness (QED) is 0.724. The predicted octanol–water partition coefficient (Wildman–Crippen LogP) is 3.34. The Labute approximate surface area is 172 Å². The van der Waals surface area contributed by atoms with Gasteiger partial charge in [-0.1, -0.05) is 11.6 Å². The van der Waals surface area contributed by atoms with Crippen LogP contribution < -0.4 is 20.9 Å². The Morgan fingerprint density at radius 1 is 1.29 bits per heavy atom. The van der Waals surface area contributed by atoms with E-state index < -0.39 is 12.2 Å². The zero-order valence-electron chi connectivity index (χ0n) is 15.2. The van der Waals surface area contributed by atoms with Gasteiger partial charge in [0.2, 0.25) is 0 Å². The third kappa shape index (κ3) is 3.88. The summed E-state index contributed by atoms with van der Waals surface area (Å²) in [6.07, 6.45) is 1.48. The molecule has 1 atom stereocenters. The van der Waals surface area contributed by atoms with Gasteiger partial charge >= 0.3 is 6.09 Å². The van der Waals surface area contributed by atoms with E-state index in [1.165, 1.54) is 24.2 Å². The van der Waals surface area contributed by atoms with Crippen LogP contribution in [0.4, 0.5) is 21.9 Å². The molecular formula is C19H21ClN4O3S. The Bertz CT molecular complexity index is 897. The molecule has 7 nitrogen and oxygen atoms in total. The molecule has 0 aliphatic carbocycles. The van der Waals surface area contributed by atoms with Crippen molar-refractivity contribution in [3.05, 3.63) is 39.5 Å². The zero-order valence-corrected chi connectivity index (χ0v) is 16.8. The summed E-state index contributed by atoms with van der Waals surface area (Å²) in [6, 6.07) is 9.00. The van der Waals surface area contributed by atoms with Crippen molar-refractivity contribution >= 4 is 52.0 Å². The minimum absolute atomic E-state index is 0.231. The lowest BCUT2D eigenvalue weighted by atomic mass is 10.2. The maximum Gasteiger partial charge on any atom is 0.414 e. The van der Waals surface area contributed by atoms with Crippen LogP contribution in [0.2, 0.25) is 4.34 Å². The van der Waals surface area contributed by atoms with Crippen LogP contribution in [0.15, 0.2) is 30.3 Å². The number of carbonyl (C=O) groups excluding carboxylic acids is 2. The standard InChI is InChI=1S/C19H21ClN4O3S/c20-17-6-5-16(28-17)18(25)22-10-13-11-24(19(26)27-13)12-3-4-15(14(21)9-12)23-7-1-2-8-23/h3-6,9,13H,1-2,7-8,10-11,21H2,(H,22,25). The van der Waals surface area contributed by atoms with Gasteiger partial charge in [-0.3, -0.25) is 9.69 Å². The van der Waals surface area contributed by atoms with Crippen molar-refractivity contribution in [2.75, 3.05) is 41.7 Å². The van der Waals surface area contributed by atoms with Crippen molar-refractivity contribution in [3.63, 3.8) is 0 Å². The molecule has 2 fully saturated rings. The van der Waals surface area contributed by atoms with Gasteiger partial charge in [0.25, 0.3) is 5.91 Å². The normalized spacial score (nSPS) is 19.2. The smallest absolute Gasteiger partial charge is 0.414 e. The van der Waals surface area contributed by atoms with Crippen LogP contribution in [0, 0.1) is 0 Å². The number of rotatable bonds is 5. The summed E-state index contributed by atoms with van der Waals surface area (Å²) >= 11 is 7.06. The average molecular weight is 421 g/mol. The Hall–Kier alpha value is -2.45. The van der Waals surface area contributed by atoms with Gasteiger partial charge in [-0.2, -0.15) is 0 Å². The molecule has 2 aliphatic rings. The number of benzene rings is 1. The molecule has 2 saturated heterocycles. The second kappa shape index (κ2) is 7.89. The van der Waals surface area contributed by atoms with E-state index >= 15 is 0 Å². The molecule has 2 aromatic rings. The molecule has 2 amide bonds. The Morgan fingerprint density at radius 3 is 2.75 bits per heavy atom. The van der Waals surface area contributed by atoms with Crippen LogP contribution in [0.5, 0.6) is 0 Å². The largest absolute Gasteiger partial charge is 0.442 e. The average Bonchev–Trinajstić information content (AvgIpc) is 3.41. The van der Waals surface area contributed by atoms with Crippen molar-refractivity contribution in [1.82, 2.24) is 5.32 Å². The number of halogens is 1. The van der Waals surface area contributed by atoms with Crippen molar-refractivity contribution < 1.29 is 14.3 Å². The number of nitrogen functional groups attached to an aromatic ring is 1. The highest BCUT2D eigenvalue weighted by Gasteiger charge is 2.33. The molecule has 2 aliphatic heterocycles. The van der Waals surface area contributed by atoms with Gasteiger partial charge < -0.3 is 20.7 Å². The van der Waals surface area contributed by atoms with Gasteiger partial charge in [0.1, 0.15) is 6.10 Å². The van der Waals surface area contributed by atoms with Gasteiger partial charge in [0, 0.05) is 18.8 Å². The molecule has 28 heavy (non-hydrogen) atoms. The van der Waals surface area contributed by atoms with Crippen molar-refractivity contribution in [2.24, 2.45) is 0 Å². The summed E-state index contributed by atoms with van der Waals surface area (Å²) in [7, 11) is 0. The molecule has 3 N–H and O–H groups in total. The lowest BCUT2D eigenvalue weighted by Gasteiger charge is -2.21. The molecule has 1 aromatic carbocycles. The summed E-state index contributed by atoms with van der Waals surface area (Å²) in [6.45, 7) is 2.60. The third-order valence-electron chi connectivity index (χ3n) is 4.93. The van der Waals surface area contributed by atoms with Gasteiger partial charge in [-0.05, 0) is 43.2 Å². The number of amides is 2. The summed E-state index contributed by atoms with van der Waals surface area (Å²) in [5.74, 6) is -0.231. The molecule has 9 heteroatoms. The van der Waals surface area contributed by atoms with Gasteiger partial charge in [0.05, 0.1) is 33.7 Å². The molecule has 0 spiro atoms. The van der Waals surface area contributed by atoms with Crippen LogP contribution in [-0.2, 0) is 4.74 Å². The highest BCUT2D eigenvalue weighted by atomic mass is 35.5. The fourth-order valence-electron chi connectivity index (χ4n) is 3.52. The topological polar surface area (TPSA) is 87.9 Å². The number of nitrogens with one attached hydrogen (secondary N) is 1. The summed E-state index contributed by atoms with van der Waals surface area (Å²) in [5.41, 5.74) is 8.58. The first-order valence-corrected chi connectivity index (χ1v) is 10.4. The number of hydrogen-bond acceptors (Lipinski definition) is 6. The number of nitrogens with zero attached hydrogens (tertiary/aromatic N) is 2. The van der Waals surface area contributed by atoms with Crippen LogP contribution >= 0.6 is 22.9 Å². The maximum absolute atomic E-state index is 12.3. The molecule has 148 valence electrons. The molecule has 1 unspecified atom stereocenters. The first-order valence-electron chi connectivity index (χ1n) is 9.17. The van der Waals surface area contributed by atoms with E-state index in [4.69, 9.17) is 22.1 Å². The van der Waals surface area contributed by atoms with Gasteiger partial charge in [-0.25, -0.2) is 4.79 Å². The van der Waals surface area contributed by atoms with Crippen molar-refractivity contribution in [1.29, 1.82) is 0 Å². The van der Waals surface area contributed by atoms with Crippen LogP contribution in [0.1, 0.15) is 22.5 Å². The molecule has 0 saturated carbocycles. The van der Waals surface area contributed by atoms with E-state index in [2.05, 4.69) is 10.2 Å². The van der Waals surface area contributed by atoms with Gasteiger partial charge in [-0.15, -0.1) is 11.3 Å². The minimum atomic E-state index is -0.438. The van der Waals surface area contributed by atoms with Crippen molar-refractivity contribution in [3.8, 4) is 0 Å².